The third-order valence-electron chi connectivity index (χ3n) is 2.70. The van der Waals surface area contributed by atoms with Gasteiger partial charge in [0.25, 0.3) is 0 Å². The van der Waals surface area contributed by atoms with Crippen LogP contribution < -0.4 is 0 Å². The molecule has 0 radical (unpaired) electrons. The van der Waals surface area contributed by atoms with Crippen molar-refractivity contribution in [3.8, 4) is 0 Å². The largest absolute Gasteiger partial charge is 0.392 e. The van der Waals surface area contributed by atoms with Gasteiger partial charge in [-0.25, -0.2) is 4.21 Å². The predicted molar refractivity (Wildman–Crippen MR) is 63.3 cm³/mol. The second kappa shape index (κ2) is 5.08. The molecule has 0 aromatic rings. The molecule has 0 spiro atoms. The van der Waals surface area contributed by atoms with Crippen LogP contribution in [0.2, 0.25) is 0 Å². The summed E-state index contributed by atoms with van der Waals surface area (Å²) in [6, 6.07) is 0. The Hall–Kier alpha value is -0.390. The van der Waals surface area contributed by atoms with Crippen molar-refractivity contribution in [2.24, 2.45) is 10.3 Å². The molecule has 1 saturated carbocycles. The zero-order valence-electron chi connectivity index (χ0n) is 10.3. The van der Waals surface area contributed by atoms with Crippen LogP contribution in [0.1, 0.15) is 46.5 Å². The molecule has 0 amide bonds. The SMILES string of the molecule is CC(C)(C)S(=O)/N=C1\CCCC(C(F)(F)F)C1. The molecule has 1 aliphatic rings. The smallest absolute Gasteiger partial charge is 0.234 e. The Labute approximate surface area is 102 Å². The molecule has 0 N–H and O–H groups in total. The molecule has 0 aromatic carbocycles. The Kier molecular flexibility index (Phi) is 4.38. The summed E-state index contributed by atoms with van der Waals surface area (Å²) in [5.41, 5.74) is 0.451. The maximum absolute atomic E-state index is 12.6. The van der Waals surface area contributed by atoms with Gasteiger partial charge >= 0.3 is 6.18 Å². The van der Waals surface area contributed by atoms with Crippen molar-refractivity contribution in [2.75, 3.05) is 0 Å². The minimum absolute atomic E-state index is 0.0919. The van der Waals surface area contributed by atoms with E-state index in [1.54, 1.807) is 20.8 Å². The predicted octanol–water partition coefficient (Wildman–Crippen LogP) is 3.64. The Balaban J connectivity index is 2.74. The van der Waals surface area contributed by atoms with Crippen molar-refractivity contribution >= 4 is 16.7 Å². The van der Waals surface area contributed by atoms with Crippen molar-refractivity contribution in [1.29, 1.82) is 0 Å². The highest BCUT2D eigenvalue weighted by Gasteiger charge is 2.41. The summed E-state index contributed by atoms with van der Waals surface area (Å²) >= 11 is 0. The van der Waals surface area contributed by atoms with Gasteiger partial charge in [0, 0.05) is 5.71 Å². The molecule has 2 unspecified atom stereocenters. The fraction of sp³-hybridized carbons (Fsp3) is 0.909. The summed E-state index contributed by atoms with van der Waals surface area (Å²) in [6.07, 6.45) is -3.08. The van der Waals surface area contributed by atoms with Gasteiger partial charge in [0.2, 0.25) is 0 Å². The van der Waals surface area contributed by atoms with E-state index in [-0.39, 0.29) is 12.8 Å². The fourth-order valence-corrected chi connectivity index (χ4v) is 2.33. The molecule has 1 aliphatic carbocycles. The zero-order valence-corrected chi connectivity index (χ0v) is 11.1. The molecular formula is C11H18F3NOS. The molecule has 2 nitrogen and oxygen atoms in total. The first kappa shape index (κ1) is 14.7. The topological polar surface area (TPSA) is 29.4 Å². The highest BCUT2D eigenvalue weighted by atomic mass is 32.2. The fourth-order valence-electron chi connectivity index (χ4n) is 1.66. The van der Waals surface area contributed by atoms with Crippen LogP contribution in [-0.2, 0) is 11.0 Å². The van der Waals surface area contributed by atoms with E-state index in [1.807, 2.05) is 0 Å². The van der Waals surface area contributed by atoms with E-state index in [4.69, 9.17) is 0 Å². The minimum atomic E-state index is -4.16. The summed E-state index contributed by atoms with van der Waals surface area (Å²) in [5, 5.41) is 0. The molecule has 1 fully saturated rings. The molecule has 2 atom stereocenters. The zero-order chi connectivity index (χ0) is 13.3. The molecule has 1 rings (SSSR count). The van der Waals surface area contributed by atoms with Gasteiger partial charge in [-0.3, -0.25) is 0 Å². The lowest BCUT2D eigenvalue weighted by Crippen LogP contribution is -2.30. The lowest BCUT2D eigenvalue weighted by atomic mass is 9.87. The summed E-state index contributed by atoms with van der Waals surface area (Å²) in [5.74, 6) is -1.31. The summed E-state index contributed by atoms with van der Waals surface area (Å²) in [7, 11) is -1.46. The minimum Gasteiger partial charge on any atom is -0.234 e. The number of hydrogen-bond donors (Lipinski definition) is 0. The third kappa shape index (κ3) is 4.41. The summed E-state index contributed by atoms with van der Waals surface area (Å²) in [4.78, 5) is 0. The standard InChI is InChI=1S/C11H18F3NOS/c1-10(2,3)17(16)15-9-6-4-5-8(7-9)11(12,13)14/h8H,4-7H2,1-3H3/b15-9+. The van der Waals surface area contributed by atoms with Crippen LogP contribution in [0.3, 0.4) is 0 Å². The summed E-state index contributed by atoms with van der Waals surface area (Å²) in [6.45, 7) is 5.28. The number of hydrogen-bond acceptors (Lipinski definition) is 1. The third-order valence-corrected chi connectivity index (χ3v) is 4.17. The van der Waals surface area contributed by atoms with Crippen molar-refractivity contribution in [2.45, 2.75) is 57.4 Å². The number of nitrogens with zero attached hydrogens (tertiary/aromatic N) is 1. The molecule has 0 aliphatic heterocycles. The van der Waals surface area contributed by atoms with Gasteiger partial charge in [0.05, 0.1) is 10.7 Å². The molecule has 100 valence electrons. The van der Waals surface area contributed by atoms with Gasteiger partial charge in [0.15, 0.2) is 0 Å². The molecule has 0 bridgehead atoms. The summed E-state index contributed by atoms with van der Waals surface area (Å²) < 4.78 is 52.8. The van der Waals surface area contributed by atoms with Gasteiger partial charge < -0.3 is 0 Å². The van der Waals surface area contributed by atoms with E-state index < -0.39 is 27.8 Å². The van der Waals surface area contributed by atoms with Crippen LogP contribution in [-0.4, -0.2) is 20.8 Å². The molecular weight excluding hydrogens is 251 g/mol. The Morgan fingerprint density at radius 2 is 1.88 bits per heavy atom. The van der Waals surface area contributed by atoms with Gasteiger partial charge in [-0.05, 0) is 46.5 Å². The first-order chi connectivity index (χ1) is 7.60. The van der Waals surface area contributed by atoms with Crippen LogP contribution in [0.5, 0.6) is 0 Å². The lowest BCUT2D eigenvalue weighted by Gasteiger charge is -2.25. The van der Waals surface area contributed by atoms with Crippen LogP contribution in [0.4, 0.5) is 13.2 Å². The van der Waals surface area contributed by atoms with Crippen molar-refractivity contribution in [3.05, 3.63) is 0 Å². The first-order valence-electron chi connectivity index (χ1n) is 5.66. The second-order valence-electron chi connectivity index (χ2n) is 5.35. The van der Waals surface area contributed by atoms with Crippen molar-refractivity contribution < 1.29 is 17.4 Å². The quantitative estimate of drug-likeness (QED) is 0.714. The number of halogens is 3. The average Bonchev–Trinajstić information content (AvgIpc) is 2.15. The van der Waals surface area contributed by atoms with Crippen LogP contribution in [0, 0.1) is 5.92 Å². The van der Waals surface area contributed by atoms with E-state index >= 15 is 0 Å². The first-order valence-corrected chi connectivity index (χ1v) is 6.76. The average molecular weight is 269 g/mol. The van der Waals surface area contributed by atoms with E-state index in [1.165, 1.54) is 0 Å². The Morgan fingerprint density at radius 1 is 1.29 bits per heavy atom. The Morgan fingerprint density at radius 3 is 2.35 bits per heavy atom. The lowest BCUT2D eigenvalue weighted by molar-refractivity contribution is -0.175. The highest BCUT2D eigenvalue weighted by molar-refractivity contribution is 7.85. The second-order valence-corrected chi connectivity index (χ2v) is 7.26. The molecule has 0 heterocycles. The molecule has 0 saturated heterocycles. The maximum Gasteiger partial charge on any atom is 0.392 e. The van der Waals surface area contributed by atoms with Gasteiger partial charge in [-0.15, -0.1) is 0 Å². The Bertz CT molecular complexity index is 331. The van der Waals surface area contributed by atoms with Crippen molar-refractivity contribution in [1.82, 2.24) is 0 Å². The van der Waals surface area contributed by atoms with Crippen molar-refractivity contribution in [3.63, 3.8) is 0 Å². The van der Waals surface area contributed by atoms with E-state index in [2.05, 4.69) is 4.40 Å². The number of alkyl halides is 3. The van der Waals surface area contributed by atoms with Gasteiger partial charge in [0.1, 0.15) is 11.0 Å². The van der Waals surface area contributed by atoms with Crippen LogP contribution in [0.15, 0.2) is 4.40 Å². The van der Waals surface area contributed by atoms with E-state index in [9.17, 15) is 17.4 Å². The molecule has 17 heavy (non-hydrogen) atoms. The van der Waals surface area contributed by atoms with Crippen LogP contribution >= 0.6 is 0 Å². The number of rotatable bonds is 1. The molecule has 0 aromatic heterocycles. The van der Waals surface area contributed by atoms with Gasteiger partial charge in [-0.2, -0.15) is 17.6 Å². The highest BCUT2D eigenvalue weighted by Crippen LogP contribution is 2.36. The molecule has 6 heteroatoms. The van der Waals surface area contributed by atoms with E-state index in [0.717, 1.165) is 0 Å². The van der Waals surface area contributed by atoms with Crippen LogP contribution in [0.25, 0.3) is 0 Å². The van der Waals surface area contributed by atoms with Gasteiger partial charge in [-0.1, -0.05) is 0 Å². The van der Waals surface area contributed by atoms with E-state index in [0.29, 0.717) is 18.6 Å². The maximum atomic E-state index is 12.6. The normalized spacial score (nSPS) is 27.2. The monoisotopic (exact) mass is 269 g/mol.